The molecule has 0 aliphatic carbocycles. The Hall–Kier alpha value is -3.54. The number of carbonyl (C=O) groups is 2. The Labute approximate surface area is 150 Å². The van der Waals surface area contributed by atoms with E-state index < -0.39 is 11.8 Å². The minimum Gasteiger partial charge on any atom is -0.488 e. The van der Waals surface area contributed by atoms with Crippen LogP contribution in [0.3, 0.4) is 0 Å². The van der Waals surface area contributed by atoms with Gasteiger partial charge in [-0.05, 0) is 29.0 Å². The highest BCUT2D eigenvalue weighted by atomic mass is 16.5. The maximum atomic E-state index is 12.5. The number of carbonyl (C=O) groups excluding carboxylic acids is 2. The molecule has 2 amide bonds. The molecule has 0 aliphatic heterocycles. The number of benzene rings is 3. The molecule has 0 bridgehead atoms. The van der Waals surface area contributed by atoms with Crippen LogP contribution in [0.5, 0.6) is 5.75 Å². The fourth-order valence-corrected chi connectivity index (χ4v) is 2.60. The number of nitrogen functional groups attached to an aromatic ring is 1. The Balaban J connectivity index is 1.93. The Kier molecular flexibility index (Phi) is 5.03. The maximum Gasteiger partial charge on any atom is 0.255 e. The van der Waals surface area contributed by atoms with Crippen molar-refractivity contribution in [3.8, 4) is 5.75 Å². The molecule has 0 saturated heterocycles. The van der Waals surface area contributed by atoms with Gasteiger partial charge in [-0.2, -0.15) is 0 Å². The molecule has 3 rings (SSSR count). The number of primary amides is 1. The van der Waals surface area contributed by atoms with Gasteiger partial charge in [0, 0.05) is 11.3 Å². The van der Waals surface area contributed by atoms with Gasteiger partial charge in [-0.3, -0.25) is 9.59 Å². The highest BCUT2D eigenvalue weighted by Gasteiger charge is 2.15. The maximum absolute atomic E-state index is 12.5. The van der Waals surface area contributed by atoms with Gasteiger partial charge < -0.3 is 21.5 Å². The number of hydrogen-bond donors (Lipinski definition) is 3. The topological polar surface area (TPSA) is 107 Å². The Morgan fingerprint density at radius 1 is 0.962 bits per heavy atom. The van der Waals surface area contributed by atoms with Crippen molar-refractivity contribution in [1.82, 2.24) is 5.32 Å². The highest BCUT2D eigenvalue weighted by Crippen LogP contribution is 2.27. The predicted molar refractivity (Wildman–Crippen MR) is 101 cm³/mol. The van der Waals surface area contributed by atoms with Crippen molar-refractivity contribution in [2.75, 3.05) is 12.3 Å². The molecular formula is C20H19N3O3. The predicted octanol–water partition coefficient (Wildman–Crippen LogP) is 2.22. The number of anilines is 1. The summed E-state index contributed by atoms with van der Waals surface area (Å²) in [6, 6.07) is 18.5. The van der Waals surface area contributed by atoms with E-state index in [0.29, 0.717) is 17.0 Å². The van der Waals surface area contributed by atoms with Gasteiger partial charge in [0.25, 0.3) is 5.91 Å². The molecule has 6 heteroatoms. The standard InChI is InChI=1S/C20H19N3O3/c21-17-8-4-3-7-15(17)12-26-18-10-14-6-2-1-5-13(14)9-16(18)20(25)23-11-19(22)24/h1-10H,11-12,21H2,(H2,22,24)(H,23,25). The lowest BCUT2D eigenvalue weighted by Gasteiger charge is -2.14. The molecule has 5 N–H and O–H groups in total. The van der Waals surface area contributed by atoms with E-state index in [1.165, 1.54) is 0 Å². The summed E-state index contributed by atoms with van der Waals surface area (Å²) in [6.45, 7) is -0.0160. The highest BCUT2D eigenvalue weighted by molar-refractivity contribution is 6.02. The van der Waals surface area contributed by atoms with Crippen LogP contribution in [0, 0.1) is 0 Å². The van der Waals surface area contributed by atoms with Gasteiger partial charge in [0.15, 0.2) is 0 Å². The number of para-hydroxylation sites is 1. The molecule has 3 aromatic carbocycles. The number of nitrogens with two attached hydrogens (primary N) is 2. The zero-order valence-electron chi connectivity index (χ0n) is 14.1. The van der Waals surface area contributed by atoms with Crippen LogP contribution in [-0.2, 0) is 11.4 Å². The van der Waals surface area contributed by atoms with Crippen molar-refractivity contribution >= 4 is 28.3 Å². The number of rotatable bonds is 6. The molecule has 3 aromatic rings. The van der Waals surface area contributed by atoms with Crippen LogP contribution < -0.4 is 21.5 Å². The van der Waals surface area contributed by atoms with Crippen LogP contribution in [0.15, 0.2) is 60.7 Å². The van der Waals surface area contributed by atoms with Crippen molar-refractivity contribution in [2.24, 2.45) is 5.73 Å². The fraction of sp³-hybridized carbons (Fsp3) is 0.100. The molecule has 0 spiro atoms. The zero-order valence-corrected chi connectivity index (χ0v) is 14.1. The molecule has 0 atom stereocenters. The van der Waals surface area contributed by atoms with E-state index in [9.17, 15) is 9.59 Å². The van der Waals surface area contributed by atoms with Crippen molar-refractivity contribution in [3.63, 3.8) is 0 Å². The average Bonchev–Trinajstić information content (AvgIpc) is 2.64. The molecule has 0 heterocycles. The number of hydrogen-bond acceptors (Lipinski definition) is 4. The number of ether oxygens (including phenoxy) is 1. The van der Waals surface area contributed by atoms with E-state index in [4.69, 9.17) is 16.2 Å². The summed E-state index contributed by atoms with van der Waals surface area (Å²) in [5, 5.41) is 4.33. The van der Waals surface area contributed by atoms with Crippen LogP contribution in [0.4, 0.5) is 5.69 Å². The molecular weight excluding hydrogens is 330 g/mol. The number of nitrogens with one attached hydrogen (secondary N) is 1. The first kappa shape index (κ1) is 17.3. The van der Waals surface area contributed by atoms with Gasteiger partial charge in [-0.1, -0.05) is 42.5 Å². The molecule has 0 aromatic heterocycles. The molecule has 6 nitrogen and oxygen atoms in total. The second kappa shape index (κ2) is 7.57. The molecule has 0 fully saturated rings. The zero-order chi connectivity index (χ0) is 18.5. The summed E-state index contributed by atoms with van der Waals surface area (Å²) < 4.78 is 5.88. The van der Waals surface area contributed by atoms with Crippen LogP contribution in [0.1, 0.15) is 15.9 Å². The van der Waals surface area contributed by atoms with E-state index in [0.717, 1.165) is 16.3 Å². The van der Waals surface area contributed by atoms with E-state index in [1.54, 1.807) is 18.2 Å². The molecule has 0 unspecified atom stereocenters. The molecule has 26 heavy (non-hydrogen) atoms. The Bertz CT molecular complexity index is 969. The Morgan fingerprint density at radius 2 is 1.62 bits per heavy atom. The van der Waals surface area contributed by atoms with Gasteiger partial charge in [0.05, 0.1) is 12.1 Å². The SMILES string of the molecule is NC(=O)CNC(=O)c1cc2ccccc2cc1OCc1ccccc1N. The number of fused-ring (bicyclic) bond motifs is 1. The molecule has 0 saturated carbocycles. The first-order chi connectivity index (χ1) is 12.5. The van der Waals surface area contributed by atoms with E-state index in [2.05, 4.69) is 5.32 Å². The summed E-state index contributed by atoms with van der Waals surface area (Å²) in [4.78, 5) is 23.4. The summed E-state index contributed by atoms with van der Waals surface area (Å²) >= 11 is 0. The largest absolute Gasteiger partial charge is 0.488 e. The monoisotopic (exact) mass is 349 g/mol. The van der Waals surface area contributed by atoms with Crippen LogP contribution in [-0.4, -0.2) is 18.4 Å². The van der Waals surface area contributed by atoms with Crippen molar-refractivity contribution in [3.05, 3.63) is 71.8 Å². The van der Waals surface area contributed by atoms with Gasteiger partial charge >= 0.3 is 0 Å². The third-order valence-corrected chi connectivity index (χ3v) is 3.95. The first-order valence-electron chi connectivity index (χ1n) is 8.10. The van der Waals surface area contributed by atoms with Crippen LogP contribution in [0.2, 0.25) is 0 Å². The van der Waals surface area contributed by atoms with E-state index in [1.807, 2.05) is 42.5 Å². The molecule has 0 aliphatic rings. The molecule has 0 radical (unpaired) electrons. The molecule has 132 valence electrons. The third-order valence-electron chi connectivity index (χ3n) is 3.95. The summed E-state index contributed by atoms with van der Waals surface area (Å²) in [6.07, 6.45) is 0. The smallest absolute Gasteiger partial charge is 0.255 e. The van der Waals surface area contributed by atoms with Gasteiger partial charge in [0.2, 0.25) is 5.91 Å². The second-order valence-corrected chi connectivity index (χ2v) is 5.83. The second-order valence-electron chi connectivity index (χ2n) is 5.83. The average molecular weight is 349 g/mol. The van der Waals surface area contributed by atoms with Gasteiger partial charge in [-0.15, -0.1) is 0 Å². The number of amides is 2. The Morgan fingerprint density at radius 3 is 2.31 bits per heavy atom. The lowest BCUT2D eigenvalue weighted by molar-refractivity contribution is -0.117. The normalized spacial score (nSPS) is 10.5. The fourth-order valence-electron chi connectivity index (χ4n) is 2.60. The van der Waals surface area contributed by atoms with E-state index in [-0.39, 0.29) is 13.2 Å². The summed E-state index contributed by atoms with van der Waals surface area (Å²) in [5.74, 6) is -0.627. The first-order valence-corrected chi connectivity index (χ1v) is 8.10. The minimum atomic E-state index is -0.612. The van der Waals surface area contributed by atoms with Crippen molar-refractivity contribution < 1.29 is 14.3 Å². The van der Waals surface area contributed by atoms with Crippen LogP contribution >= 0.6 is 0 Å². The minimum absolute atomic E-state index is 0.223. The third kappa shape index (κ3) is 3.92. The van der Waals surface area contributed by atoms with Gasteiger partial charge in [-0.25, -0.2) is 0 Å². The van der Waals surface area contributed by atoms with Crippen molar-refractivity contribution in [1.29, 1.82) is 0 Å². The van der Waals surface area contributed by atoms with Gasteiger partial charge in [0.1, 0.15) is 12.4 Å². The van der Waals surface area contributed by atoms with E-state index >= 15 is 0 Å². The lowest BCUT2D eigenvalue weighted by atomic mass is 10.1. The summed E-state index contributed by atoms with van der Waals surface area (Å²) in [7, 11) is 0. The lowest BCUT2D eigenvalue weighted by Crippen LogP contribution is -2.33. The van der Waals surface area contributed by atoms with Crippen molar-refractivity contribution in [2.45, 2.75) is 6.61 Å². The summed E-state index contributed by atoms with van der Waals surface area (Å²) in [5.41, 5.74) is 12.8. The quantitative estimate of drug-likeness (QED) is 0.593. The van der Waals surface area contributed by atoms with Crippen LogP contribution in [0.25, 0.3) is 10.8 Å².